The molecular weight excluding hydrogens is 611 g/mol. The molecule has 4 heterocycles. The third-order valence-electron chi connectivity index (χ3n) is 9.43. The van der Waals surface area contributed by atoms with E-state index in [0.717, 1.165) is 69.0 Å². The number of fused-ring (bicyclic) bond motifs is 1. The second-order valence-electron chi connectivity index (χ2n) is 13.2. The zero-order valence-electron chi connectivity index (χ0n) is 27.8. The molecule has 1 unspecified atom stereocenters. The summed E-state index contributed by atoms with van der Waals surface area (Å²) < 4.78 is 5.75. The van der Waals surface area contributed by atoms with Gasteiger partial charge in [0, 0.05) is 40.6 Å². The minimum Gasteiger partial charge on any atom is -0.475 e. The third kappa shape index (κ3) is 6.72. The van der Waals surface area contributed by atoms with E-state index in [9.17, 15) is 14.7 Å². The van der Waals surface area contributed by atoms with E-state index < -0.39 is 5.97 Å². The third-order valence-corrected chi connectivity index (χ3v) is 10.6. The van der Waals surface area contributed by atoms with Crippen LogP contribution in [0.2, 0.25) is 0 Å². The molecule has 2 aliphatic heterocycles. The van der Waals surface area contributed by atoms with E-state index in [1.165, 1.54) is 17.6 Å². The first-order valence-corrected chi connectivity index (χ1v) is 17.3. The molecule has 2 N–H and O–H groups in total. The fraction of sp³-hybridized carbons (Fsp3) is 0.405. The van der Waals surface area contributed by atoms with Gasteiger partial charge in [-0.15, -0.1) is 0 Å². The van der Waals surface area contributed by atoms with E-state index in [0.29, 0.717) is 37.9 Å². The predicted octanol–water partition coefficient (Wildman–Crippen LogP) is 7.33. The molecule has 2 aromatic heterocycles. The van der Waals surface area contributed by atoms with Crippen LogP contribution in [0, 0.1) is 5.92 Å². The van der Waals surface area contributed by atoms with Crippen LogP contribution in [0.5, 0.6) is 0 Å². The number of nitrogens with zero attached hydrogens (tertiary/aromatic N) is 4. The van der Waals surface area contributed by atoms with E-state index in [2.05, 4.69) is 73.8 Å². The van der Waals surface area contributed by atoms with Crippen LogP contribution in [-0.2, 0) is 9.53 Å². The van der Waals surface area contributed by atoms with Crippen molar-refractivity contribution >= 4 is 50.8 Å². The second-order valence-corrected chi connectivity index (χ2v) is 14.5. The number of allylic oxidation sites excluding steroid dienone is 4. The van der Waals surface area contributed by atoms with Crippen LogP contribution in [0.25, 0.3) is 27.2 Å². The number of carbonyl (C=O) groups is 2. The Labute approximate surface area is 280 Å². The number of carboxylic acids is 1. The average Bonchev–Trinajstić information content (AvgIpc) is 3.67. The van der Waals surface area contributed by atoms with Crippen LogP contribution in [0.15, 0.2) is 65.2 Å². The van der Waals surface area contributed by atoms with Gasteiger partial charge >= 0.3 is 5.97 Å². The molecule has 1 aliphatic carbocycles. The van der Waals surface area contributed by atoms with Gasteiger partial charge in [0.15, 0.2) is 12.2 Å². The van der Waals surface area contributed by atoms with Gasteiger partial charge in [-0.2, -0.15) is 0 Å². The molecule has 47 heavy (non-hydrogen) atoms. The number of hydrogen-bond donors (Lipinski definition) is 2. The number of quaternary nitrogens is 1. The zero-order valence-corrected chi connectivity index (χ0v) is 28.6. The van der Waals surface area contributed by atoms with Crippen molar-refractivity contribution in [3.63, 3.8) is 0 Å². The summed E-state index contributed by atoms with van der Waals surface area (Å²) in [5.74, 6) is -0.857. The van der Waals surface area contributed by atoms with Crippen molar-refractivity contribution in [1.29, 1.82) is 0 Å². The number of hydrogen-bond acceptors (Lipinski definition) is 6. The Hall–Kier alpha value is -3.99. The molecular formula is C37H44N5O4S+. The molecule has 246 valence electrons. The van der Waals surface area contributed by atoms with Crippen LogP contribution in [0.3, 0.4) is 0 Å². The standard InChI is InChI=1S/C37H43N5O4S/c1-23(2)35(47-24(3)4)30-14-11-26-19-27(12-13-29(26)39-30)34-28(25-9-7-6-8-10-25)20-32(31-21-38-36(40-31)37(44)45)42(34,5)22-33(43)41-15-17-46-18-16-41/h11-14,19-21,25H,3,6-10,15-18,22H2,1-2,4-5H3,(H-,38,40,44,45)/p+1. The van der Waals surface area contributed by atoms with E-state index >= 15 is 0 Å². The smallest absolute Gasteiger partial charge is 0.371 e. The summed E-state index contributed by atoms with van der Waals surface area (Å²) in [5, 5.41) is 10.7. The number of benzene rings is 1. The number of aromatic amines is 1. The number of aromatic carboxylic acids is 1. The van der Waals surface area contributed by atoms with Crippen molar-refractivity contribution in [2.45, 2.75) is 52.9 Å². The van der Waals surface area contributed by atoms with Crippen LogP contribution in [0.1, 0.15) is 80.4 Å². The van der Waals surface area contributed by atoms with Crippen molar-refractivity contribution in [3.05, 3.63) is 88.0 Å². The first-order valence-electron chi connectivity index (χ1n) is 16.4. The maximum atomic E-state index is 14.0. The van der Waals surface area contributed by atoms with E-state index in [1.807, 2.05) is 11.8 Å². The molecule has 1 saturated heterocycles. The molecule has 1 saturated carbocycles. The molecule has 9 nitrogen and oxygen atoms in total. The Balaban J connectivity index is 1.49. The summed E-state index contributed by atoms with van der Waals surface area (Å²) in [6.07, 6.45) is 9.49. The Morgan fingerprint density at radius 2 is 1.85 bits per heavy atom. The lowest BCUT2D eigenvalue weighted by Gasteiger charge is -2.37. The van der Waals surface area contributed by atoms with Crippen LogP contribution < -0.4 is 0 Å². The quantitative estimate of drug-likeness (QED) is 0.233. The number of amides is 1. The lowest BCUT2D eigenvalue weighted by atomic mass is 9.82. The Morgan fingerprint density at radius 3 is 2.51 bits per heavy atom. The first kappa shape index (κ1) is 32.9. The highest BCUT2D eigenvalue weighted by atomic mass is 32.2. The SMILES string of the molecule is C=C(C)SC(=C(C)C)c1ccc2cc(C3=C(C4CCCCC4)C=C(c4cnc(C(=O)O)[nH]4)[N+]3(C)CC(=O)N3CCOCC3)ccc2n1. The summed E-state index contributed by atoms with van der Waals surface area (Å²) in [7, 11) is 2.08. The minimum absolute atomic E-state index is 0.0402. The fourth-order valence-electron chi connectivity index (χ4n) is 7.18. The summed E-state index contributed by atoms with van der Waals surface area (Å²) in [4.78, 5) is 42.1. The molecule has 1 aromatic carbocycles. The van der Waals surface area contributed by atoms with E-state index in [1.54, 1.807) is 18.0 Å². The monoisotopic (exact) mass is 654 g/mol. The molecule has 0 radical (unpaired) electrons. The normalized spacial score (nSPS) is 20.4. The number of nitrogens with one attached hydrogen (secondary N) is 1. The number of morpholine rings is 1. The molecule has 1 amide bonds. The van der Waals surface area contributed by atoms with Gasteiger partial charge in [0.05, 0.1) is 37.7 Å². The van der Waals surface area contributed by atoms with Gasteiger partial charge in [0.1, 0.15) is 11.4 Å². The minimum atomic E-state index is -1.12. The first-order chi connectivity index (χ1) is 22.5. The topological polar surface area (TPSA) is 108 Å². The predicted molar refractivity (Wildman–Crippen MR) is 188 cm³/mol. The highest BCUT2D eigenvalue weighted by Gasteiger charge is 2.47. The largest absolute Gasteiger partial charge is 0.475 e. The van der Waals surface area contributed by atoms with Crippen LogP contribution in [-0.4, -0.2) is 81.2 Å². The molecule has 3 aliphatic rings. The highest BCUT2D eigenvalue weighted by Crippen LogP contribution is 2.49. The number of imidazole rings is 1. The fourth-order valence-corrected chi connectivity index (χ4v) is 7.95. The number of aromatic nitrogens is 3. The Morgan fingerprint density at radius 1 is 1.11 bits per heavy atom. The lowest BCUT2D eigenvalue weighted by Crippen LogP contribution is -2.50. The summed E-state index contributed by atoms with van der Waals surface area (Å²) in [6.45, 7) is 12.6. The van der Waals surface area contributed by atoms with E-state index in [-0.39, 0.29) is 22.8 Å². The van der Waals surface area contributed by atoms with Gasteiger partial charge in [-0.05, 0) is 68.7 Å². The summed E-state index contributed by atoms with van der Waals surface area (Å²) >= 11 is 1.64. The van der Waals surface area contributed by atoms with Gasteiger partial charge in [-0.3, -0.25) is 9.28 Å². The van der Waals surface area contributed by atoms with Crippen molar-refractivity contribution < 1.29 is 23.9 Å². The number of carbonyl (C=O) groups excluding carboxylic acids is 1. The Bertz CT molecular complexity index is 1820. The molecule has 2 fully saturated rings. The van der Waals surface area contributed by atoms with Crippen LogP contribution >= 0.6 is 11.8 Å². The lowest BCUT2D eigenvalue weighted by molar-refractivity contribution is -0.753. The van der Waals surface area contributed by atoms with Crippen molar-refractivity contribution in [2.24, 2.45) is 5.92 Å². The van der Waals surface area contributed by atoms with Gasteiger partial charge in [0.2, 0.25) is 5.82 Å². The van der Waals surface area contributed by atoms with Gasteiger partial charge in [-0.25, -0.2) is 14.8 Å². The number of ether oxygens (including phenoxy) is 1. The van der Waals surface area contributed by atoms with Crippen LogP contribution in [0.4, 0.5) is 0 Å². The van der Waals surface area contributed by atoms with Crippen molar-refractivity contribution in [2.75, 3.05) is 39.9 Å². The number of likely N-dealkylation sites (N-methyl/N-ethyl adjacent to an activating group) is 1. The number of H-pyrrole nitrogens is 1. The number of thioether (sulfide) groups is 1. The molecule has 0 spiro atoms. The average molecular weight is 655 g/mol. The molecule has 1 atom stereocenters. The number of rotatable bonds is 9. The van der Waals surface area contributed by atoms with E-state index in [4.69, 9.17) is 9.72 Å². The summed E-state index contributed by atoms with van der Waals surface area (Å²) in [5.41, 5.74) is 7.81. The van der Waals surface area contributed by atoms with Gasteiger partial charge < -0.3 is 19.7 Å². The molecule has 3 aromatic rings. The zero-order chi connectivity index (χ0) is 33.3. The molecule has 6 rings (SSSR count). The number of pyridine rings is 1. The van der Waals surface area contributed by atoms with Gasteiger partial charge in [-0.1, -0.05) is 49.2 Å². The maximum absolute atomic E-state index is 14.0. The molecule has 10 heteroatoms. The van der Waals surface area contributed by atoms with Crippen molar-refractivity contribution in [1.82, 2.24) is 19.9 Å². The molecule has 0 bridgehead atoms. The van der Waals surface area contributed by atoms with Gasteiger partial charge in [0.25, 0.3) is 5.91 Å². The van der Waals surface area contributed by atoms with Crippen molar-refractivity contribution in [3.8, 4) is 0 Å². The Kier molecular flexibility index (Phi) is 9.55. The summed E-state index contributed by atoms with van der Waals surface area (Å²) in [6, 6.07) is 10.6. The second kappa shape index (κ2) is 13.6. The highest BCUT2D eigenvalue weighted by molar-refractivity contribution is 8.11. The number of carboxylic acid groups (broad SMARTS) is 1. The maximum Gasteiger partial charge on any atom is 0.371 e.